The van der Waals surface area contributed by atoms with Crippen molar-refractivity contribution in [1.29, 1.82) is 0 Å². The number of hydrogen-bond acceptors (Lipinski definition) is 2. The highest BCUT2D eigenvalue weighted by atomic mass is 14.8. The van der Waals surface area contributed by atoms with Crippen molar-refractivity contribution in [1.82, 2.24) is 9.97 Å². The quantitative estimate of drug-likeness (QED) is 0.212. The Balaban J connectivity index is 1.46. The molecular weight excluding hydrogens is 508 g/mol. The van der Waals surface area contributed by atoms with Crippen molar-refractivity contribution in [2.75, 3.05) is 0 Å². The van der Waals surface area contributed by atoms with Crippen LogP contribution in [0.4, 0.5) is 0 Å². The van der Waals surface area contributed by atoms with Gasteiger partial charge < -0.3 is 0 Å². The van der Waals surface area contributed by atoms with E-state index in [1.807, 2.05) is 12.3 Å². The standard InChI is InChI=1S/C40H24N2/c1-3-10-25(11-4-1)32-24-33(34-22-21-29-20-19-28-16-9-23-41-39(28)40(29)42-34)36(27-12-5-2-6-13-27)38-31-18-8-15-26-14-7-17-30(35(26)31)37(32)38/h1-24H. The average molecular weight is 533 g/mol. The molecule has 0 N–H and O–H groups in total. The smallest absolute Gasteiger partial charge is 0.0972 e. The first-order valence-electron chi connectivity index (χ1n) is 14.3. The predicted octanol–water partition coefficient (Wildman–Crippen LogP) is 10.6. The minimum absolute atomic E-state index is 0.928. The molecule has 0 aliphatic heterocycles. The van der Waals surface area contributed by atoms with Gasteiger partial charge in [0.15, 0.2) is 0 Å². The van der Waals surface area contributed by atoms with E-state index in [0.29, 0.717) is 0 Å². The molecule has 2 nitrogen and oxygen atoms in total. The second kappa shape index (κ2) is 8.95. The van der Waals surface area contributed by atoms with E-state index in [4.69, 9.17) is 9.97 Å². The van der Waals surface area contributed by atoms with Gasteiger partial charge in [0, 0.05) is 22.5 Å². The van der Waals surface area contributed by atoms with Crippen LogP contribution in [0.1, 0.15) is 0 Å². The summed E-state index contributed by atoms with van der Waals surface area (Å²) < 4.78 is 0. The Morgan fingerprint density at radius 2 is 1.02 bits per heavy atom. The van der Waals surface area contributed by atoms with E-state index >= 15 is 0 Å². The summed E-state index contributed by atoms with van der Waals surface area (Å²) in [5, 5.41) is 4.78. The van der Waals surface area contributed by atoms with Gasteiger partial charge in [-0.25, -0.2) is 4.98 Å². The summed E-state index contributed by atoms with van der Waals surface area (Å²) in [4.78, 5) is 10.1. The second-order valence-electron chi connectivity index (χ2n) is 10.9. The molecule has 9 rings (SSSR count). The van der Waals surface area contributed by atoms with Crippen molar-refractivity contribution in [2.24, 2.45) is 0 Å². The number of aromatic nitrogens is 2. The second-order valence-corrected chi connectivity index (χ2v) is 10.9. The van der Waals surface area contributed by atoms with Crippen LogP contribution in [0.15, 0.2) is 146 Å². The minimum atomic E-state index is 0.928. The SMILES string of the molecule is c1ccc(-c2cc(-c3ccc4ccc5cccnc5c4n3)c(-c3ccccc3)c3c2-c2cccc4cccc-3c24)cc1. The molecule has 0 fully saturated rings. The lowest BCUT2D eigenvalue weighted by molar-refractivity contribution is 1.37. The van der Waals surface area contributed by atoms with E-state index < -0.39 is 0 Å². The zero-order valence-corrected chi connectivity index (χ0v) is 22.8. The van der Waals surface area contributed by atoms with Crippen LogP contribution < -0.4 is 0 Å². The summed E-state index contributed by atoms with van der Waals surface area (Å²) in [5.41, 5.74) is 13.9. The number of rotatable bonds is 3. The van der Waals surface area contributed by atoms with Gasteiger partial charge in [0.2, 0.25) is 0 Å². The van der Waals surface area contributed by atoms with Gasteiger partial charge in [-0.05, 0) is 73.5 Å². The van der Waals surface area contributed by atoms with Gasteiger partial charge in [-0.3, -0.25) is 4.98 Å². The van der Waals surface area contributed by atoms with Crippen LogP contribution in [0.2, 0.25) is 0 Å². The average Bonchev–Trinajstić information content (AvgIpc) is 3.40. The molecule has 0 radical (unpaired) electrons. The third-order valence-corrected chi connectivity index (χ3v) is 8.63. The molecule has 0 saturated carbocycles. The zero-order valence-electron chi connectivity index (χ0n) is 22.8. The van der Waals surface area contributed by atoms with E-state index in [1.165, 1.54) is 55.3 Å². The first kappa shape index (κ1) is 23.1. The maximum Gasteiger partial charge on any atom is 0.0972 e. The molecule has 1 aliphatic rings. The summed E-state index contributed by atoms with van der Waals surface area (Å²) in [7, 11) is 0. The summed E-state index contributed by atoms with van der Waals surface area (Å²) >= 11 is 0. The molecule has 0 atom stereocenters. The highest BCUT2D eigenvalue weighted by Gasteiger charge is 2.30. The van der Waals surface area contributed by atoms with E-state index in [-0.39, 0.29) is 0 Å². The lowest BCUT2D eigenvalue weighted by Crippen LogP contribution is -1.96. The fourth-order valence-corrected chi connectivity index (χ4v) is 6.82. The molecule has 42 heavy (non-hydrogen) atoms. The molecule has 2 heterocycles. The summed E-state index contributed by atoms with van der Waals surface area (Å²) in [6.45, 7) is 0. The molecule has 6 aromatic carbocycles. The fourth-order valence-electron chi connectivity index (χ4n) is 6.82. The van der Waals surface area contributed by atoms with Gasteiger partial charge in [0.05, 0.1) is 16.7 Å². The number of hydrogen-bond donors (Lipinski definition) is 0. The number of benzene rings is 6. The molecular formula is C40H24N2. The molecule has 194 valence electrons. The summed E-state index contributed by atoms with van der Waals surface area (Å²) in [6.07, 6.45) is 1.85. The van der Waals surface area contributed by atoms with E-state index in [0.717, 1.165) is 33.1 Å². The van der Waals surface area contributed by atoms with Gasteiger partial charge in [-0.15, -0.1) is 0 Å². The molecule has 2 heteroatoms. The molecule has 1 aliphatic carbocycles. The summed E-state index contributed by atoms with van der Waals surface area (Å²) in [6, 6.07) is 50.0. The largest absolute Gasteiger partial charge is 0.254 e. The van der Waals surface area contributed by atoms with Crippen LogP contribution in [0.5, 0.6) is 0 Å². The monoisotopic (exact) mass is 532 g/mol. The lowest BCUT2D eigenvalue weighted by Gasteiger charge is -2.20. The highest BCUT2D eigenvalue weighted by molar-refractivity contribution is 6.22. The van der Waals surface area contributed by atoms with Crippen LogP contribution in [-0.2, 0) is 0 Å². The first-order chi connectivity index (χ1) is 20.8. The molecule has 0 saturated heterocycles. The number of fused-ring (bicyclic) bond motifs is 6. The third-order valence-electron chi connectivity index (χ3n) is 8.63. The molecule has 0 unspecified atom stereocenters. The Morgan fingerprint density at radius 3 is 1.79 bits per heavy atom. The van der Waals surface area contributed by atoms with Crippen LogP contribution >= 0.6 is 0 Å². The van der Waals surface area contributed by atoms with Crippen molar-refractivity contribution < 1.29 is 0 Å². The Kier molecular flexibility index (Phi) is 4.93. The van der Waals surface area contributed by atoms with E-state index in [1.54, 1.807) is 0 Å². The maximum absolute atomic E-state index is 5.36. The van der Waals surface area contributed by atoms with Gasteiger partial charge in [0.25, 0.3) is 0 Å². The third kappa shape index (κ3) is 3.33. The molecule has 2 aromatic heterocycles. The Bertz CT molecular complexity index is 2330. The highest BCUT2D eigenvalue weighted by Crippen LogP contribution is 2.56. The van der Waals surface area contributed by atoms with E-state index in [9.17, 15) is 0 Å². The first-order valence-corrected chi connectivity index (χ1v) is 14.3. The van der Waals surface area contributed by atoms with Gasteiger partial charge >= 0.3 is 0 Å². The molecule has 8 aromatic rings. The molecule has 0 bridgehead atoms. The van der Waals surface area contributed by atoms with Crippen LogP contribution in [0, 0.1) is 0 Å². The molecule has 0 spiro atoms. The van der Waals surface area contributed by atoms with Crippen LogP contribution in [-0.4, -0.2) is 9.97 Å². The summed E-state index contributed by atoms with van der Waals surface area (Å²) in [5.74, 6) is 0. The van der Waals surface area contributed by atoms with Crippen molar-refractivity contribution in [3.8, 4) is 55.8 Å². The fraction of sp³-hybridized carbons (Fsp3) is 0. The van der Waals surface area contributed by atoms with Crippen molar-refractivity contribution in [3.63, 3.8) is 0 Å². The Labute approximate surface area is 243 Å². The number of nitrogens with zero attached hydrogens (tertiary/aromatic N) is 2. The van der Waals surface area contributed by atoms with Crippen LogP contribution in [0.25, 0.3) is 88.3 Å². The topological polar surface area (TPSA) is 25.8 Å². The van der Waals surface area contributed by atoms with E-state index in [2.05, 4.69) is 133 Å². The zero-order chi connectivity index (χ0) is 27.6. The predicted molar refractivity (Wildman–Crippen MR) is 175 cm³/mol. The van der Waals surface area contributed by atoms with Crippen molar-refractivity contribution >= 4 is 32.6 Å². The molecule has 0 amide bonds. The number of pyridine rings is 2. The van der Waals surface area contributed by atoms with Crippen LogP contribution in [0.3, 0.4) is 0 Å². The Hall–Kier alpha value is -5.60. The van der Waals surface area contributed by atoms with Gasteiger partial charge in [-0.1, -0.05) is 121 Å². The lowest BCUT2D eigenvalue weighted by atomic mass is 9.83. The van der Waals surface area contributed by atoms with Gasteiger partial charge in [-0.2, -0.15) is 0 Å². The maximum atomic E-state index is 5.36. The van der Waals surface area contributed by atoms with Crippen molar-refractivity contribution in [3.05, 3.63) is 146 Å². The normalized spacial score (nSPS) is 11.8. The Morgan fingerprint density at radius 1 is 0.381 bits per heavy atom. The minimum Gasteiger partial charge on any atom is -0.254 e. The van der Waals surface area contributed by atoms with Gasteiger partial charge in [0.1, 0.15) is 0 Å². The van der Waals surface area contributed by atoms with Crippen molar-refractivity contribution in [2.45, 2.75) is 0 Å².